The minimum atomic E-state index is -0.436. The lowest BCUT2D eigenvalue weighted by atomic mass is 9.87. The Labute approximate surface area is 115 Å². The van der Waals surface area contributed by atoms with Gasteiger partial charge >= 0.3 is 0 Å². The molecular weight excluding hydrogens is 244 g/mol. The predicted octanol–water partition coefficient (Wildman–Crippen LogP) is 2.02. The molecule has 0 bridgehead atoms. The van der Waals surface area contributed by atoms with E-state index in [-0.39, 0.29) is 6.04 Å². The summed E-state index contributed by atoms with van der Waals surface area (Å²) in [6.07, 6.45) is 0.804. The van der Waals surface area contributed by atoms with Crippen molar-refractivity contribution in [1.29, 1.82) is 0 Å². The summed E-state index contributed by atoms with van der Waals surface area (Å²) < 4.78 is 16.3. The summed E-state index contributed by atoms with van der Waals surface area (Å²) in [4.78, 5) is 0. The molecular formula is C14H24N2O3. The van der Waals surface area contributed by atoms with Crippen molar-refractivity contribution in [1.82, 2.24) is 5.43 Å². The molecule has 1 aromatic rings. The van der Waals surface area contributed by atoms with Crippen LogP contribution in [0.3, 0.4) is 0 Å². The zero-order valence-electron chi connectivity index (χ0n) is 12.3. The second kappa shape index (κ2) is 6.75. The van der Waals surface area contributed by atoms with Crippen LogP contribution in [0.5, 0.6) is 11.5 Å². The quantitative estimate of drug-likeness (QED) is 0.585. The molecule has 108 valence electrons. The molecule has 0 aromatic heterocycles. The van der Waals surface area contributed by atoms with Crippen molar-refractivity contribution in [3.05, 3.63) is 23.8 Å². The highest BCUT2D eigenvalue weighted by atomic mass is 16.5. The van der Waals surface area contributed by atoms with Crippen LogP contribution in [0, 0.1) is 0 Å². The molecule has 0 amide bonds. The smallest absolute Gasteiger partial charge is 0.124 e. The van der Waals surface area contributed by atoms with Gasteiger partial charge in [-0.15, -0.1) is 0 Å². The molecule has 0 aliphatic heterocycles. The van der Waals surface area contributed by atoms with Crippen molar-refractivity contribution < 1.29 is 14.2 Å². The summed E-state index contributed by atoms with van der Waals surface area (Å²) >= 11 is 0. The Kier molecular flexibility index (Phi) is 5.60. The third-order valence-corrected chi connectivity index (χ3v) is 3.69. The number of nitrogens with one attached hydrogen (secondary N) is 1. The van der Waals surface area contributed by atoms with Crippen molar-refractivity contribution in [2.24, 2.45) is 5.84 Å². The van der Waals surface area contributed by atoms with Crippen molar-refractivity contribution in [3.8, 4) is 11.5 Å². The Hall–Kier alpha value is -1.30. The average Bonchev–Trinajstić information content (AvgIpc) is 2.47. The van der Waals surface area contributed by atoms with Crippen molar-refractivity contribution in [2.75, 3.05) is 21.3 Å². The van der Waals surface area contributed by atoms with E-state index in [1.807, 2.05) is 25.1 Å². The van der Waals surface area contributed by atoms with Gasteiger partial charge in [0.25, 0.3) is 0 Å². The molecule has 0 fully saturated rings. The second-order valence-electron chi connectivity index (χ2n) is 4.58. The highest BCUT2D eigenvalue weighted by Gasteiger charge is 2.35. The fourth-order valence-electron chi connectivity index (χ4n) is 2.13. The summed E-state index contributed by atoms with van der Waals surface area (Å²) in [5.41, 5.74) is 3.30. The first-order valence-corrected chi connectivity index (χ1v) is 6.29. The first-order chi connectivity index (χ1) is 9.06. The van der Waals surface area contributed by atoms with Gasteiger partial charge in [-0.1, -0.05) is 6.92 Å². The van der Waals surface area contributed by atoms with E-state index in [9.17, 15) is 0 Å². The minimum absolute atomic E-state index is 0.201. The standard InChI is InChI=1S/C14H24N2O3/c1-6-14(2,19-5)13(16-15)11-9-10(17-3)7-8-12(11)18-4/h7-9,13,16H,6,15H2,1-5H3. The lowest BCUT2D eigenvalue weighted by molar-refractivity contribution is -0.0306. The third kappa shape index (κ3) is 3.18. The molecule has 1 rings (SSSR count). The van der Waals surface area contributed by atoms with Crippen LogP contribution in [0.1, 0.15) is 31.9 Å². The van der Waals surface area contributed by atoms with Gasteiger partial charge in [0.1, 0.15) is 11.5 Å². The van der Waals surface area contributed by atoms with Crippen LogP contribution >= 0.6 is 0 Å². The second-order valence-corrected chi connectivity index (χ2v) is 4.58. The van der Waals surface area contributed by atoms with E-state index in [4.69, 9.17) is 20.1 Å². The average molecular weight is 268 g/mol. The third-order valence-electron chi connectivity index (χ3n) is 3.69. The maximum Gasteiger partial charge on any atom is 0.124 e. The van der Waals surface area contributed by atoms with Crippen LogP contribution < -0.4 is 20.7 Å². The summed E-state index contributed by atoms with van der Waals surface area (Å²) in [5, 5.41) is 0. The van der Waals surface area contributed by atoms with Crippen molar-refractivity contribution >= 4 is 0 Å². The van der Waals surface area contributed by atoms with Crippen molar-refractivity contribution in [3.63, 3.8) is 0 Å². The Morgan fingerprint density at radius 1 is 1.26 bits per heavy atom. The van der Waals surface area contributed by atoms with Crippen LogP contribution in [0.4, 0.5) is 0 Å². The molecule has 0 saturated carbocycles. The number of hydrazine groups is 1. The normalized spacial score (nSPS) is 15.7. The number of benzene rings is 1. The largest absolute Gasteiger partial charge is 0.497 e. The zero-order chi connectivity index (χ0) is 14.5. The molecule has 0 aliphatic carbocycles. The van der Waals surface area contributed by atoms with E-state index >= 15 is 0 Å². The highest BCUT2D eigenvalue weighted by Crippen LogP contribution is 2.37. The number of hydrogen-bond donors (Lipinski definition) is 2. The maximum absolute atomic E-state index is 5.73. The fraction of sp³-hybridized carbons (Fsp3) is 0.571. The van der Waals surface area contributed by atoms with Crippen molar-refractivity contribution in [2.45, 2.75) is 31.9 Å². The van der Waals surface area contributed by atoms with E-state index in [1.165, 1.54) is 0 Å². The minimum Gasteiger partial charge on any atom is -0.497 e. The number of methoxy groups -OCH3 is 3. The van der Waals surface area contributed by atoms with E-state index < -0.39 is 5.60 Å². The van der Waals surface area contributed by atoms with Gasteiger partial charge in [0.05, 0.1) is 25.9 Å². The van der Waals surface area contributed by atoms with Crippen LogP contribution in [0.25, 0.3) is 0 Å². The topological polar surface area (TPSA) is 65.7 Å². The molecule has 5 heteroatoms. The summed E-state index contributed by atoms with van der Waals surface area (Å²) in [6, 6.07) is 5.43. The lowest BCUT2D eigenvalue weighted by Crippen LogP contribution is -2.45. The number of ether oxygens (including phenoxy) is 3. The molecule has 1 aromatic carbocycles. The summed E-state index contributed by atoms with van der Waals surface area (Å²) in [7, 11) is 4.95. The fourth-order valence-corrected chi connectivity index (χ4v) is 2.13. The molecule has 2 unspecified atom stereocenters. The van der Waals surface area contributed by atoms with E-state index in [2.05, 4.69) is 12.3 Å². The van der Waals surface area contributed by atoms with Crippen LogP contribution in [-0.4, -0.2) is 26.9 Å². The van der Waals surface area contributed by atoms with Gasteiger partial charge in [0, 0.05) is 12.7 Å². The van der Waals surface area contributed by atoms with Gasteiger partial charge in [0.15, 0.2) is 0 Å². The molecule has 0 aliphatic rings. The zero-order valence-corrected chi connectivity index (χ0v) is 12.3. The Balaban J connectivity index is 3.30. The summed E-state index contributed by atoms with van der Waals surface area (Å²) in [5.74, 6) is 7.24. The lowest BCUT2D eigenvalue weighted by Gasteiger charge is -2.36. The SMILES string of the molecule is CCC(C)(OC)C(NN)c1cc(OC)ccc1OC. The first-order valence-electron chi connectivity index (χ1n) is 6.29. The van der Waals surface area contributed by atoms with E-state index in [0.717, 1.165) is 23.5 Å². The Morgan fingerprint density at radius 2 is 1.95 bits per heavy atom. The predicted molar refractivity (Wildman–Crippen MR) is 75.3 cm³/mol. The molecule has 3 N–H and O–H groups in total. The van der Waals surface area contributed by atoms with Gasteiger partial charge < -0.3 is 14.2 Å². The molecule has 2 atom stereocenters. The molecule has 0 spiro atoms. The monoisotopic (exact) mass is 268 g/mol. The van der Waals surface area contributed by atoms with Gasteiger partial charge in [-0.3, -0.25) is 5.84 Å². The van der Waals surface area contributed by atoms with Gasteiger partial charge in [-0.2, -0.15) is 0 Å². The number of rotatable bonds is 7. The summed E-state index contributed by atoms with van der Waals surface area (Å²) in [6.45, 7) is 4.07. The highest BCUT2D eigenvalue weighted by molar-refractivity contribution is 5.43. The van der Waals surface area contributed by atoms with Crippen LogP contribution in [-0.2, 0) is 4.74 Å². The maximum atomic E-state index is 5.73. The number of hydrogen-bond acceptors (Lipinski definition) is 5. The molecule has 0 saturated heterocycles. The molecule has 19 heavy (non-hydrogen) atoms. The van der Waals surface area contributed by atoms with E-state index in [1.54, 1.807) is 21.3 Å². The Bertz CT molecular complexity index is 406. The van der Waals surface area contributed by atoms with E-state index in [0.29, 0.717) is 0 Å². The first kappa shape index (κ1) is 15.8. The number of nitrogens with two attached hydrogens (primary N) is 1. The molecule has 5 nitrogen and oxygen atoms in total. The van der Waals surface area contributed by atoms with Gasteiger partial charge in [-0.05, 0) is 31.5 Å². The van der Waals surface area contributed by atoms with Crippen LogP contribution in [0.2, 0.25) is 0 Å². The molecule has 0 radical (unpaired) electrons. The van der Waals surface area contributed by atoms with Gasteiger partial charge in [-0.25, -0.2) is 5.43 Å². The van der Waals surface area contributed by atoms with Gasteiger partial charge in [0.2, 0.25) is 0 Å². The molecule has 0 heterocycles. The van der Waals surface area contributed by atoms with Crippen LogP contribution in [0.15, 0.2) is 18.2 Å². The Morgan fingerprint density at radius 3 is 2.37 bits per heavy atom.